The molecular weight excluding hydrogens is 214 g/mol. The first-order valence-electron chi connectivity index (χ1n) is 6.09. The molecule has 0 aliphatic heterocycles. The summed E-state index contributed by atoms with van der Waals surface area (Å²) in [6.45, 7) is 0. The van der Waals surface area contributed by atoms with Gasteiger partial charge in [0.2, 0.25) is 0 Å². The van der Waals surface area contributed by atoms with Crippen LogP contribution in [0.1, 0.15) is 36.0 Å². The number of amides is 1. The van der Waals surface area contributed by atoms with Gasteiger partial charge in [0.05, 0.1) is 11.4 Å². The van der Waals surface area contributed by atoms with Crippen LogP contribution >= 0.6 is 0 Å². The number of rotatable bonds is 3. The number of hydrogen-bond acceptors (Lipinski definition) is 3. The van der Waals surface area contributed by atoms with Crippen LogP contribution < -0.4 is 16.4 Å². The Kier molecular flexibility index (Phi) is 3.52. The minimum atomic E-state index is -0.107. The molecule has 4 heteroatoms. The minimum Gasteiger partial charge on any atom is -0.397 e. The number of anilines is 2. The zero-order chi connectivity index (χ0) is 12.3. The number of nitrogen functional groups attached to an aromatic ring is 1. The van der Waals surface area contributed by atoms with Crippen LogP contribution in [0, 0.1) is 0 Å². The fourth-order valence-electron chi connectivity index (χ4n) is 2.27. The predicted molar refractivity (Wildman–Crippen MR) is 70.1 cm³/mol. The van der Waals surface area contributed by atoms with E-state index in [1.807, 2.05) is 6.07 Å². The van der Waals surface area contributed by atoms with Crippen LogP contribution in [0.3, 0.4) is 0 Å². The van der Waals surface area contributed by atoms with E-state index >= 15 is 0 Å². The van der Waals surface area contributed by atoms with E-state index in [1.54, 1.807) is 19.2 Å². The predicted octanol–water partition coefficient (Wildman–Crippen LogP) is 1.98. The van der Waals surface area contributed by atoms with Gasteiger partial charge in [0.15, 0.2) is 0 Å². The third-order valence-electron chi connectivity index (χ3n) is 3.26. The Morgan fingerprint density at radius 3 is 2.65 bits per heavy atom. The van der Waals surface area contributed by atoms with E-state index in [9.17, 15) is 4.79 Å². The molecule has 0 aromatic heterocycles. The number of carbonyl (C=O) groups is 1. The molecule has 0 saturated heterocycles. The highest BCUT2D eigenvalue weighted by molar-refractivity contribution is 5.95. The zero-order valence-electron chi connectivity index (χ0n) is 10.1. The van der Waals surface area contributed by atoms with E-state index in [4.69, 9.17) is 5.73 Å². The van der Waals surface area contributed by atoms with E-state index in [0.717, 1.165) is 5.69 Å². The Balaban J connectivity index is 2.10. The Labute approximate surface area is 102 Å². The van der Waals surface area contributed by atoms with Gasteiger partial charge in [-0.1, -0.05) is 12.8 Å². The van der Waals surface area contributed by atoms with Crippen molar-refractivity contribution in [3.8, 4) is 0 Å². The highest BCUT2D eigenvalue weighted by Crippen LogP contribution is 2.26. The molecule has 1 saturated carbocycles. The lowest BCUT2D eigenvalue weighted by Crippen LogP contribution is -2.19. The molecule has 0 atom stereocenters. The molecule has 4 nitrogen and oxygen atoms in total. The molecule has 2 rings (SSSR count). The van der Waals surface area contributed by atoms with Gasteiger partial charge in [-0.15, -0.1) is 0 Å². The van der Waals surface area contributed by atoms with Gasteiger partial charge in [-0.2, -0.15) is 0 Å². The van der Waals surface area contributed by atoms with Crippen molar-refractivity contribution in [2.45, 2.75) is 31.7 Å². The molecule has 0 spiro atoms. The summed E-state index contributed by atoms with van der Waals surface area (Å²) in [5.74, 6) is -0.107. The lowest BCUT2D eigenvalue weighted by Gasteiger charge is -2.15. The third-order valence-corrected chi connectivity index (χ3v) is 3.26. The molecule has 92 valence electrons. The molecule has 0 radical (unpaired) electrons. The lowest BCUT2D eigenvalue weighted by atomic mass is 10.1. The normalized spacial score (nSPS) is 15.8. The van der Waals surface area contributed by atoms with Crippen LogP contribution in [-0.4, -0.2) is 19.0 Å². The summed E-state index contributed by atoms with van der Waals surface area (Å²) in [6.07, 6.45) is 4.98. The number of hydrogen-bond donors (Lipinski definition) is 3. The summed E-state index contributed by atoms with van der Waals surface area (Å²) in [5.41, 5.74) is 8.12. The molecule has 0 unspecified atom stereocenters. The molecule has 0 bridgehead atoms. The van der Waals surface area contributed by atoms with Crippen LogP contribution in [0.25, 0.3) is 0 Å². The Morgan fingerprint density at radius 1 is 1.35 bits per heavy atom. The molecule has 4 N–H and O–H groups in total. The summed E-state index contributed by atoms with van der Waals surface area (Å²) in [4.78, 5) is 11.4. The van der Waals surface area contributed by atoms with Gasteiger partial charge in [0.25, 0.3) is 5.91 Å². The van der Waals surface area contributed by atoms with Gasteiger partial charge in [-0.25, -0.2) is 0 Å². The standard InChI is InChI=1S/C13H19N3O/c1-15-13(17)9-6-7-12(11(14)8-9)16-10-4-2-3-5-10/h6-8,10,16H,2-5,14H2,1H3,(H,15,17). The van der Waals surface area contributed by atoms with Crippen molar-refractivity contribution < 1.29 is 4.79 Å². The van der Waals surface area contributed by atoms with Crippen molar-refractivity contribution in [1.29, 1.82) is 0 Å². The maximum Gasteiger partial charge on any atom is 0.251 e. The Morgan fingerprint density at radius 2 is 2.06 bits per heavy atom. The highest BCUT2D eigenvalue weighted by Gasteiger charge is 2.15. The topological polar surface area (TPSA) is 67.2 Å². The van der Waals surface area contributed by atoms with E-state index < -0.39 is 0 Å². The van der Waals surface area contributed by atoms with Gasteiger partial charge in [-0.3, -0.25) is 4.79 Å². The summed E-state index contributed by atoms with van der Waals surface area (Å²) < 4.78 is 0. The van der Waals surface area contributed by atoms with E-state index in [1.165, 1.54) is 25.7 Å². The van der Waals surface area contributed by atoms with Crippen molar-refractivity contribution >= 4 is 17.3 Å². The molecular formula is C13H19N3O. The van der Waals surface area contributed by atoms with Crippen LogP contribution in [-0.2, 0) is 0 Å². The lowest BCUT2D eigenvalue weighted by molar-refractivity contribution is 0.0963. The van der Waals surface area contributed by atoms with Gasteiger partial charge >= 0.3 is 0 Å². The van der Waals surface area contributed by atoms with Crippen LogP contribution in [0.4, 0.5) is 11.4 Å². The van der Waals surface area contributed by atoms with Crippen molar-refractivity contribution in [1.82, 2.24) is 5.32 Å². The monoisotopic (exact) mass is 233 g/mol. The average molecular weight is 233 g/mol. The van der Waals surface area contributed by atoms with Crippen molar-refractivity contribution in [2.75, 3.05) is 18.1 Å². The average Bonchev–Trinajstić information content (AvgIpc) is 2.83. The smallest absolute Gasteiger partial charge is 0.251 e. The van der Waals surface area contributed by atoms with E-state index in [2.05, 4.69) is 10.6 Å². The summed E-state index contributed by atoms with van der Waals surface area (Å²) in [7, 11) is 1.61. The maximum absolute atomic E-state index is 11.4. The van der Waals surface area contributed by atoms with Crippen LogP contribution in [0.2, 0.25) is 0 Å². The second-order valence-electron chi connectivity index (χ2n) is 4.51. The minimum absolute atomic E-state index is 0.107. The van der Waals surface area contributed by atoms with Gasteiger partial charge < -0.3 is 16.4 Å². The number of nitrogens with two attached hydrogens (primary N) is 1. The van der Waals surface area contributed by atoms with Crippen molar-refractivity contribution in [3.63, 3.8) is 0 Å². The fourth-order valence-corrected chi connectivity index (χ4v) is 2.27. The van der Waals surface area contributed by atoms with Crippen molar-refractivity contribution in [2.24, 2.45) is 0 Å². The second kappa shape index (κ2) is 5.08. The molecule has 1 aromatic carbocycles. The molecule has 1 aromatic rings. The molecule has 1 amide bonds. The first-order valence-corrected chi connectivity index (χ1v) is 6.09. The number of nitrogens with one attached hydrogen (secondary N) is 2. The van der Waals surface area contributed by atoms with Crippen LogP contribution in [0.15, 0.2) is 18.2 Å². The summed E-state index contributed by atoms with van der Waals surface area (Å²) in [6, 6.07) is 5.93. The fraction of sp³-hybridized carbons (Fsp3) is 0.462. The number of benzene rings is 1. The Hall–Kier alpha value is -1.71. The quantitative estimate of drug-likeness (QED) is 0.699. The van der Waals surface area contributed by atoms with E-state index in [-0.39, 0.29) is 5.91 Å². The molecule has 0 heterocycles. The molecule has 1 aliphatic rings. The zero-order valence-corrected chi connectivity index (χ0v) is 10.1. The number of carbonyl (C=O) groups excluding carboxylic acids is 1. The first-order chi connectivity index (χ1) is 8.20. The highest BCUT2D eigenvalue weighted by atomic mass is 16.1. The largest absolute Gasteiger partial charge is 0.397 e. The first kappa shape index (κ1) is 11.8. The second-order valence-corrected chi connectivity index (χ2v) is 4.51. The summed E-state index contributed by atoms with van der Waals surface area (Å²) >= 11 is 0. The van der Waals surface area contributed by atoms with Gasteiger partial charge in [0.1, 0.15) is 0 Å². The molecule has 1 aliphatic carbocycles. The van der Waals surface area contributed by atoms with Gasteiger partial charge in [0, 0.05) is 18.7 Å². The SMILES string of the molecule is CNC(=O)c1ccc(NC2CCCC2)c(N)c1. The summed E-state index contributed by atoms with van der Waals surface area (Å²) in [5, 5.41) is 6.02. The van der Waals surface area contributed by atoms with Crippen LogP contribution in [0.5, 0.6) is 0 Å². The van der Waals surface area contributed by atoms with E-state index in [0.29, 0.717) is 17.3 Å². The van der Waals surface area contributed by atoms with Gasteiger partial charge in [-0.05, 0) is 31.0 Å². The molecule has 1 fully saturated rings. The molecule has 17 heavy (non-hydrogen) atoms. The van der Waals surface area contributed by atoms with Crippen molar-refractivity contribution in [3.05, 3.63) is 23.8 Å². The Bertz CT molecular complexity index is 411. The third kappa shape index (κ3) is 2.70. The maximum atomic E-state index is 11.4.